The number of carboxylic acids is 1. The fourth-order valence-corrected chi connectivity index (χ4v) is 2.98. The van der Waals surface area contributed by atoms with Crippen LogP contribution in [0.3, 0.4) is 0 Å². The molecular formula is C12H22N2O2. The van der Waals surface area contributed by atoms with Crippen molar-refractivity contribution in [3.63, 3.8) is 0 Å². The number of nitrogens with one attached hydrogen (secondary N) is 1. The van der Waals surface area contributed by atoms with E-state index in [1.165, 1.54) is 19.3 Å². The lowest BCUT2D eigenvalue weighted by molar-refractivity contribution is -0.142. The van der Waals surface area contributed by atoms with E-state index >= 15 is 0 Å². The third-order valence-electron chi connectivity index (χ3n) is 4.16. The standard InChI is InChI=1S/C12H22N2O2/c1-2-10-4-3-5-14(7-10)12(6-11(15)16)8-13-9-12/h10,13H,2-9H2,1H3,(H,15,16). The Morgan fingerprint density at radius 3 is 2.81 bits per heavy atom. The third-order valence-corrected chi connectivity index (χ3v) is 4.16. The van der Waals surface area contributed by atoms with Crippen molar-refractivity contribution in [3.8, 4) is 0 Å². The van der Waals surface area contributed by atoms with Gasteiger partial charge < -0.3 is 10.4 Å². The zero-order chi connectivity index (χ0) is 11.6. The monoisotopic (exact) mass is 226 g/mol. The molecule has 1 unspecified atom stereocenters. The van der Waals surface area contributed by atoms with Gasteiger partial charge in [0.1, 0.15) is 0 Å². The Hall–Kier alpha value is -0.610. The number of rotatable bonds is 4. The lowest BCUT2D eigenvalue weighted by atomic mass is 9.82. The molecule has 2 N–H and O–H groups in total. The lowest BCUT2D eigenvalue weighted by Crippen LogP contribution is -2.70. The Labute approximate surface area is 97.0 Å². The summed E-state index contributed by atoms with van der Waals surface area (Å²) in [6.45, 7) is 6.08. The second-order valence-electron chi connectivity index (χ2n) is 5.26. The number of piperidine rings is 1. The van der Waals surface area contributed by atoms with Gasteiger partial charge in [-0.15, -0.1) is 0 Å². The van der Waals surface area contributed by atoms with Crippen molar-refractivity contribution in [3.05, 3.63) is 0 Å². The minimum Gasteiger partial charge on any atom is -0.481 e. The SMILES string of the molecule is CCC1CCCN(C2(CC(=O)O)CNC2)C1. The summed E-state index contributed by atoms with van der Waals surface area (Å²) in [5.41, 5.74) is -0.0837. The Morgan fingerprint density at radius 2 is 2.31 bits per heavy atom. The topological polar surface area (TPSA) is 52.6 Å². The van der Waals surface area contributed by atoms with Crippen LogP contribution in [0.2, 0.25) is 0 Å². The summed E-state index contributed by atoms with van der Waals surface area (Å²) in [5.74, 6) is 0.0974. The predicted octanol–water partition coefficient (Wildman–Crippen LogP) is 0.925. The summed E-state index contributed by atoms with van der Waals surface area (Å²) < 4.78 is 0. The highest BCUT2D eigenvalue weighted by Crippen LogP contribution is 2.31. The number of hydrogen-bond acceptors (Lipinski definition) is 3. The predicted molar refractivity (Wildman–Crippen MR) is 62.4 cm³/mol. The normalized spacial score (nSPS) is 29.7. The fraction of sp³-hybridized carbons (Fsp3) is 0.917. The molecule has 0 saturated carbocycles. The highest BCUT2D eigenvalue weighted by molar-refractivity contribution is 5.68. The second kappa shape index (κ2) is 4.72. The van der Waals surface area contributed by atoms with Gasteiger partial charge in [-0.05, 0) is 25.3 Å². The molecule has 4 nitrogen and oxygen atoms in total. The molecular weight excluding hydrogens is 204 g/mol. The van der Waals surface area contributed by atoms with Crippen LogP contribution in [0.25, 0.3) is 0 Å². The molecule has 2 heterocycles. The first-order chi connectivity index (χ1) is 7.66. The molecule has 92 valence electrons. The summed E-state index contributed by atoms with van der Waals surface area (Å²) in [5, 5.41) is 12.2. The van der Waals surface area contributed by atoms with Crippen LogP contribution < -0.4 is 5.32 Å². The van der Waals surface area contributed by atoms with E-state index in [9.17, 15) is 4.79 Å². The van der Waals surface area contributed by atoms with Crippen LogP contribution in [0, 0.1) is 5.92 Å². The van der Waals surface area contributed by atoms with Gasteiger partial charge in [0.2, 0.25) is 0 Å². The van der Waals surface area contributed by atoms with Crippen molar-refractivity contribution in [1.29, 1.82) is 0 Å². The first kappa shape index (κ1) is 11.9. The molecule has 0 radical (unpaired) electrons. The molecule has 2 saturated heterocycles. The molecule has 0 bridgehead atoms. The van der Waals surface area contributed by atoms with E-state index < -0.39 is 5.97 Å². The maximum Gasteiger partial charge on any atom is 0.305 e. The largest absolute Gasteiger partial charge is 0.481 e. The summed E-state index contributed by atoms with van der Waals surface area (Å²) in [4.78, 5) is 13.4. The third kappa shape index (κ3) is 2.23. The van der Waals surface area contributed by atoms with E-state index in [4.69, 9.17) is 5.11 Å². The van der Waals surface area contributed by atoms with Crippen LogP contribution in [-0.2, 0) is 4.79 Å². The van der Waals surface area contributed by atoms with E-state index in [2.05, 4.69) is 17.1 Å². The number of likely N-dealkylation sites (tertiary alicyclic amines) is 1. The summed E-state index contributed by atoms with van der Waals surface area (Å²) in [6, 6.07) is 0. The number of carbonyl (C=O) groups is 1. The van der Waals surface area contributed by atoms with Crippen molar-refractivity contribution in [2.45, 2.75) is 38.1 Å². The molecule has 2 fully saturated rings. The van der Waals surface area contributed by atoms with E-state index in [1.807, 2.05) is 0 Å². The molecule has 2 aliphatic rings. The Morgan fingerprint density at radius 1 is 1.56 bits per heavy atom. The van der Waals surface area contributed by atoms with Crippen LogP contribution in [0.15, 0.2) is 0 Å². The zero-order valence-electron chi connectivity index (χ0n) is 10.0. The fourth-order valence-electron chi connectivity index (χ4n) is 2.98. The van der Waals surface area contributed by atoms with Gasteiger partial charge in [0.15, 0.2) is 0 Å². The van der Waals surface area contributed by atoms with Crippen LogP contribution in [0.5, 0.6) is 0 Å². The average Bonchev–Trinajstić information content (AvgIpc) is 2.23. The molecule has 2 aliphatic heterocycles. The Bertz CT molecular complexity index is 264. The molecule has 0 spiro atoms. The van der Waals surface area contributed by atoms with Gasteiger partial charge >= 0.3 is 5.97 Å². The molecule has 0 aromatic rings. The van der Waals surface area contributed by atoms with Gasteiger partial charge in [0.25, 0.3) is 0 Å². The minimum atomic E-state index is -0.667. The molecule has 0 amide bonds. The van der Waals surface area contributed by atoms with E-state index in [0.29, 0.717) is 0 Å². The zero-order valence-corrected chi connectivity index (χ0v) is 10.0. The number of hydrogen-bond donors (Lipinski definition) is 2. The second-order valence-corrected chi connectivity index (χ2v) is 5.26. The minimum absolute atomic E-state index is 0.0837. The van der Waals surface area contributed by atoms with Crippen molar-refractivity contribution in [2.24, 2.45) is 5.92 Å². The molecule has 0 aromatic heterocycles. The highest BCUT2D eigenvalue weighted by atomic mass is 16.4. The molecule has 16 heavy (non-hydrogen) atoms. The lowest BCUT2D eigenvalue weighted by Gasteiger charge is -2.52. The van der Waals surface area contributed by atoms with Crippen molar-refractivity contribution in [1.82, 2.24) is 10.2 Å². The first-order valence-corrected chi connectivity index (χ1v) is 6.34. The molecule has 2 rings (SSSR count). The molecule has 0 aliphatic carbocycles. The number of aliphatic carboxylic acids is 1. The number of nitrogens with zero attached hydrogens (tertiary/aromatic N) is 1. The van der Waals surface area contributed by atoms with Crippen LogP contribution in [0.1, 0.15) is 32.6 Å². The molecule has 4 heteroatoms. The molecule has 1 atom stereocenters. The van der Waals surface area contributed by atoms with Crippen LogP contribution >= 0.6 is 0 Å². The summed E-state index contributed by atoms with van der Waals surface area (Å²) in [6.07, 6.45) is 4.03. The quantitative estimate of drug-likeness (QED) is 0.748. The Balaban J connectivity index is 2.00. The number of carboxylic acid groups (broad SMARTS) is 1. The smallest absolute Gasteiger partial charge is 0.305 e. The van der Waals surface area contributed by atoms with E-state index in [0.717, 1.165) is 32.1 Å². The molecule has 0 aromatic carbocycles. The van der Waals surface area contributed by atoms with Gasteiger partial charge in [-0.1, -0.05) is 13.3 Å². The summed E-state index contributed by atoms with van der Waals surface area (Å²) in [7, 11) is 0. The van der Waals surface area contributed by atoms with Crippen molar-refractivity contribution >= 4 is 5.97 Å². The first-order valence-electron chi connectivity index (χ1n) is 6.34. The van der Waals surface area contributed by atoms with Gasteiger partial charge in [0, 0.05) is 19.6 Å². The van der Waals surface area contributed by atoms with Gasteiger partial charge in [-0.2, -0.15) is 0 Å². The summed E-state index contributed by atoms with van der Waals surface area (Å²) >= 11 is 0. The van der Waals surface area contributed by atoms with Crippen molar-refractivity contribution < 1.29 is 9.90 Å². The van der Waals surface area contributed by atoms with Gasteiger partial charge in [-0.3, -0.25) is 9.69 Å². The Kier molecular flexibility index (Phi) is 3.50. The van der Waals surface area contributed by atoms with E-state index in [-0.39, 0.29) is 12.0 Å². The van der Waals surface area contributed by atoms with Gasteiger partial charge in [-0.25, -0.2) is 0 Å². The van der Waals surface area contributed by atoms with Crippen LogP contribution in [0.4, 0.5) is 0 Å². The highest BCUT2D eigenvalue weighted by Gasteiger charge is 2.45. The maximum absolute atomic E-state index is 10.9. The average molecular weight is 226 g/mol. The van der Waals surface area contributed by atoms with E-state index in [1.54, 1.807) is 0 Å². The maximum atomic E-state index is 10.9. The van der Waals surface area contributed by atoms with Crippen LogP contribution in [-0.4, -0.2) is 47.7 Å². The van der Waals surface area contributed by atoms with Crippen molar-refractivity contribution in [2.75, 3.05) is 26.2 Å². The van der Waals surface area contributed by atoms with Gasteiger partial charge in [0.05, 0.1) is 12.0 Å².